The quantitative estimate of drug-likeness (QED) is 0.403. The summed E-state index contributed by atoms with van der Waals surface area (Å²) in [5.41, 5.74) is 0.0769. The molecule has 0 aliphatic heterocycles. The third-order valence-corrected chi connectivity index (χ3v) is 3.51. The van der Waals surface area contributed by atoms with Crippen LogP contribution in [0.5, 0.6) is 0 Å². The van der Waals surface area contributed by atoms with Crippen molar-refractivity contribution in [1.82, 2.24) is 0 Å². The molecule has 5 nitrogen and oxygen atoms in total. The first-order valence-electron chi connectivity index (χ1n) is 3.07. The first kappa shape index (κ1) is 13.6. The summed E-state index contributed by atoms with van der Waals surface area (Å²) in [5, 5.41) is 8.36. The van der Waals surface area contributed by atoms with Crippen LogP contribution in [0, 0.1) is 8.96 Å². The van der Waals surface area contributed by atoms with E-state index >= 15 is 0 Å². The average Bonchev–Trinajstić information content (AvgIpc) is 2.03. The molecule has 0 bridgehead atoms. The second-order valence-electron chi connectivity index (χ2n) is 2.19. The highest BCUT2D eigenvalue weighted by Crippen LogP contribution is 2.23. The summed E-state index contributed by atoms with van der Waals surface area (Å²) < 4.78 is 30.6. The molecule has 0 fully saturated rings. The topological polar surface area (TPSA) is 82.5 Å². The van der Waals surface area contributed by atoms with Gasteiger partial charge >= 0.3 is 5.69 Å². The van der Waals surface area contributed by atoms with Gasteiger partial charge in [0.1, 0.15) is 4.90 Å². The molecular weight excluding hydrogens is 343 g/mol. The molecule has 0 spiro atoms. The molecule has 0 heterocycles. The molecule has 1 N–H and O–H groups in total. The zero-order chi connectivity index (χ0) is 10.1. The fourth-order valence-electron chi connectivity index (χ4n) is 0.752. The van der Waals surface area contributed by atoms with Gasteiger partial charge in [0.25, 0.3) is 10.1 Å². The van der Waals surface area contributed by atoms with Gasteiger partial charge in [-0.05, 0) is 28.7 Å². The van der Waals surface area contributed by atoms with E-state index in [0.29, 0.717) is 3.57 Å². The van der Waals surface area contributed by atoms with E-state index in [0.717, 1.165) is 6.07 Å². The highest BCUT2D eigenvalue weighted by atomic mass is 127. The molecule has 1 rings (SSSR count). The molecule has 1 aromatic carbocycles. The van der Waals surface area contributed by atoms with E-state index in [9.17, 15) is 8.42 Å². The first-order chi connectivity index (χ1) is 5.95. The van der Waals surface area contributed by atoms with Crippen LogP contribution in [0.1, 0.15) is 0 Å². The van der Waals surface area contributed by atoms with Crippen LogP contribution in [-0.4, -0.2) is 13.0 Å². The van der Waals surface area contributed by atoms with Gasteiger partial charge in [0.2, 0.25) is 5.39 Å². The summed E-state index contributed by atoms with van der Waals surface area (Å²) in [6, 6.07) is 3.94. The molecule has 0 unspecified atom stereocenters. The van der Waals surface area contributed by atoms with Crippen molar-refractivity contribution in [3.8, 4) is 0 Å². The van der Waals surface area contributed by atoms with Gasteiger partial charge in [-0.2, -0.15) is 8.42 Å². The van der Waals surface area contributed by atoms with Crippen molar-refractivity contribution >= 4 is 38.4 Å². The first-order valence-corrected chi connectivity index (χ1v) is 5.59. The molecule has 0 atom stereocenters. The van der Waals surface area contributed by atoms with Gasteiger partial charge in [0, 0.05) is 9.64 Å². The Bertz CT molecular complexity index is 482. The van der Waals surface area contributed by atoms with Crippen LogP contribution in [0.25, 0.3) is 4.98 Å². The minimum atomic E-state index is -4.24. The van der Waals surface area contributed by atoms with Crippen LogP contribution < -0.4 is 12.4 Å². The lowest BCUT2D eigenvalue weighted by molar-refractivity contribution is -0.00000687. The van der Waals surface area contributed by atoms with Crippen molar-refractivity contribution in [2.24, 2.45) is 0 Å². The Morgan fingerprint density at radius 2 is 2.00 bits per heavy atom. The molecule has 8 heteroatoms. The fraction of sp³-hybridized carbons (Fsp3) is 0. The summed E-state index contributed by atoms with van der Waals surface area (Å²) in [6.07, 6.45) is 0. The van der Waals surface area contributed by atoms with Crippen molar-refractivity contribution < 1.29 is 25.4 Å². The Hall–Kier alpha value is -0.430. The normalized spacial score (nSPS) is 10.1. The number of nitrogens with zero attached hydrogens (tertiary/aromatic N) is 2. The zero-order valence-corrected chi connectivity index (χ0v) is 10.3. The number of hydrogen-bond donors (Lipinski definition) is 1. The summed E-state index contributed by atoms with van der Waals surface area (Å²) in [4.78, 5) is 2.55. The second-order valence-corrected chi connectivity index (χ2v) is 4.74. The maximum Gasteiger partial charge on any atom is 0.386 e. The maximum atomic E-state index is 10.7. The number of halogens is 2. The van der Waals surface area contributed by atoms with Crippen LogP contribution in [0.4, 0.5) is 5.69 Å². The van der Waals surface area contributed by atoms with Crippen LogP contribution in [0.3, 0.4) is 0 Å². The fourth-order valence-corrected chi connectivity index (χ4v) is 2.51. The lowest BCUT2D eigenvalue weighted by Gasteiger charge is -1.96. The summed E-state index contributed by atoms with van der Waals surface area (Å²) in [5.74, 6) is 0. The molecule has 76 valence electrons. The second kappa shape index (κ2) is 4.88. The number of benzene rings is 1. The van der Waals surface area contributed by atoms with E-state index in [2.05, 4.69) is 4.98 Å². The van der Waals surface area contributed by atoms with Gasteiger partial charge < -0.3 is 12.4 Å². The molecule has 0 radical (unpaired) electrons. The molecule has 1 aromatic rings. The zero-order valence-electron chi connectivity index (χ0n) is 6.55. The minimum Gasteiger partial charge on any atom is -1.00 e. The number of hydrogen-bond acceptors (Lipinski definition) is 3. The van der Waals surface area contributed by atoms with Gasteiger partial charge in [0.05, 0.1) is 6.07 Å². The van der Waals surface area contributed by atoms with Gasteiger partial charge in [-0.25, -0.2) is 0 Å². The third-order valence-electron chi connectivity index (χ3n) is 1.31. The van der Waals surface area contributed by atoms with Gasteiger partial charge in [-0.15, -0.1) is 0 Å². The standard InChI is InChI=1S/C6H3IN2O3S.ClH/c7-5-2-1-4(9-8)3-6(5)13(10,11)12;/h1-3H;1H. The molecular formula is C6H4ClIN2O3S. The highest BCUT2D eigenvalue weighted by Gasteiger charge is 2.18. The molecule has 0 saturated carbocycles. The van der Waals surface area contributed by atoms with E-state index in [1.165, 1.54) is 12.1 Å². The Morgan fingerprint density at radius 1 is 1.43 bits per heavy atom. The Morgan fingerprint density at radius 3 is 2.43 bits per heavy atom. The van der Waals surface area contributed by atoms with E-state index in [1.807, 2.05) is 0 Å². The Labute approximate surface area is 100 Å². The van der Waals surface area contributed by atoms with Crippen molar-refractivity contribution in [3.63, 3.8) is 0 Å². The molecule has 14 heavy (non-hydrogen) atoms. The average molecular weight is 347 g/mol. The molecule has 0 saturated heterocycles. The van der Waals surface area contributed by atoms with E-state index < -0.39 is 10.1 Å². The summed E-state index contributed by atoms with van der Waals surface area (Å²) >= 11 is 1.76. The molecule has 0 aliphatic rings. The van der Waals surface area contributed by atoms with Gasteiger partial charge in [0.15, 0.2) is 4.98 Å². The number of rotatable bonds is 1. The number of diazo groups is 1. The SMILES string of the molecule is N#[N+]c1ccc(I)c(S(=O)(=O)O)c1.[Cl-]. The van der Waals surface area contributed by atoms with E-state index in [1.54, 1.807) is 22.6 Å². The van der Waals surface area contributed by atoms with E-state index in [-0.39, 0.29) is 23.0 Å². The molecule has 0 aromatic heterocycles. The predicted molar refractivity (Wildman–Crippen MR) is 53.7 cm³/mol. The Kier molecular flexibility index (Phi) is 4.73. The molecule has 0 aliphatic carbocycles. The maximum absolute atomic E-state index is 10.7. The Balaban J connectivity index is 0.00000169. The predicted octanol–water partition coefficient (Wildman–Crippen LogP) is -0.974. The van der Waals surface area contributed by atoms with Crippen molar-refractivity contribution in [3.05, 3.63) is 26.7 Å². The van der Waals surface area contributed by atoms with Crippen LogP contribution >= 0.6 is 22.6 Å². The van der Waals surface area contributed by atoms with Crippen molar-refractivity contribution in [1.29, 1.82) is 5.39 Å². The summed E-state index contributed by atoms with van der Waals surface area (Å²) in [6.45, 7) is 0. The molecule has 0 amide bonds. The van der Waals surface area contributed by atoms with Crippen LogP contribution in [-0.2, 0) is 10.1 Å². The van der Waals surface area contributed by atoms with Crippen LogP contribution in [0.2, 0.25) is 0 Å². The highest BCUT2D eigenvalue weighted by molar-refractivity contribution is 14.1. The summed E-state index contributed by atoms with van der Waals surface area (Å²) in [7, 11) is -4.24. The monoisotopic (exact) mass is 346 g/mol. The lowest BCUT2D eigenvalue weighted by atomic mass is 10.3. The minimum absolute atomic E-state index is 0. The van der Waals surface area contributed by atoms with E-state index in [4.69, 9.17) is 9.95 Å². The van der Waals surface area contributed by atoms with Crippen LogP contribution in [0.15, 0.2) is 23.1 Å². The largest absolute Gasteiger partial charge is 1.00 e. The van der Waals surface area contributed by atoms with Gasteiger partial charge in [-0.1, -0.05) is 0 Å². The third kappa shape index (κ3) is 3.06. The lowest BCUT2D eigenvalue weighted by Crippen LogP contribution is -3.00. The van der Waals surface area contributed by atoms with Crippen molar-refractivity contribution in [2.45, 2.75) is 4.90 Å². The van der Waals surface area contributed by atoms with Crippen molar-refractivity contribution in [2.75, 3.05) is 0 Å². The van der Waals surface area contributed by atoms with Gasteiger partial charge in [-0.3, -0.25) is 4.55 Å². The smallest absolute Gasteiger partial charge is 0.386 e.